The van der Waals surface area contributed by atoms with Gasteiger partial charge in [0, 0.05) is 18.7 Å². The first kappa shape index (κ1) is 21.0. The average Bonchev–Trinajstić information content (AvgIpc) is 3.38. The van der Waals surface area contributed by atoms with Crippen LogP contribution in [0.2, 0.25) is 0 Å². The molecule has 2 unspecified atom stereocenters. The maximum absolute atomic E-state index is 11.6. The SMILES string of the molecule is O=c1[nH]c2c(O)ccc(C(O)C(O)NCCc3cccc(CN4CCCC4)c3)c2s1. The number of aliphatic hydroxyl groups excluding tert-OH is 2. The predicted octanol–water partition coefficient (Wildman–Crippen LogP) is 2.08. The van der Waals surface area contributed by atoms with Crippen LogP contribution in [0.1, 0.15) is 35.6 Å². The van der Waals surface area contributed by atoms with Gasteiger partial charge in [-0.1, -0.05) is 41.7 Å². The van der Waals surface area contributed by atoms with Crippen molar-refractivity contribution in [3.63, 3.8) is 0 Å². The van der Waals surface area contributed by atoms with Crippen molar-refractivity contribution in [3.8, 4) is 5.75 Å². The second-order valence-electron chi connectivity index (χ2n) is 7.79. The van der Waals surface area contributed by atoms with Crippen LogP contribution in [0.4, 0.5) is 0 Å². The fraction of sp³-hybridized carbons (Fsp3) is 0.409. The Kier molecular flexibility index (Phi) is 6.50. The molecule has 0 aliphatic carbocycles. The predicted molar refractivity (Wildman–Crippen MR) is 118 cm³/mol. The van der Waals surface area contributed by atoms with Crippen LogP contribution in [0, 0.1) is 0 Å². The Bertz CT molecular complexity index is 1060. The minimum absolute atomic E-state index is 0.0597. The van der Waals surface area contributed by atoms with E-state index < -0.39 is 12.3 Å². The minimum Gasteiger partial charge on any atom is -0.506 e. The molecule has 30 heavy (non-hydrogen) atoms. The molecular formula is C22H27N3O4S. The van der Waals surface area contributed by atoms with E-state index in [9.17, 15) is 20.1 Å². The van der Waals surface area contributed by atoms with Crippen LogP contribution in [-0.2, 0) is 13.0 Å². The molecule has 1 saturated heterocycles. The molecule has 0 amide bonds. The van der Waals surface area contributed by atoms with Gasteiger partial charge in [-0.2, -0.15) is 0 Å². The Labute approximate surface area is 178 Å². The van der Waals surface area contributed by atoms with Gasteiger partial charge in [0.1, 0.15) is 23.6 Å². The Hall–Kier alpha value is -2.23. The molecule has 1 aliphatic rings. The maximum Gasteiger partial charge on any atom is 0.305 e. The van der Waals surface area contributed by atoms with Crippen LogP contribution >= 0.6 is 11.3 Å². The Balaban J connectivity index is 1.35. The zero-order valence-corrected chi connectivity index (χ0v) is 17.5. The number of nitrogens with zero attached hydrogens (tertiary/aromatic N) is 1. The van der Waals surface area contributed by atoms with Crippen molar-refractivity contribution in [2.24, 2.45) is 0 Å². The number of hydrogen-bond acceptors (Lipinski definition) is 7. The van der Waals surface area contributed by atoms with E-state index in [0.29, 0.717) is 16.8 Å². The molecule has 0 spiro atoms. The van der Waals surface area contributed by atoms with Gasteiger partial charge < -0.3 is 20.3 Å². The highest BCUT2D eigenvalue weighted by Crippen LogP contribution is 2.32. The number of fused-ring (bicyclic) bond motifs is 1. The highest BCUT2D eigenvalue weighted by molar-refractivity contribution is 7.16. The lowest BCUT2D eigenvalue weighted by Gasteiger charge is -2.20. The fourth-order valence-electron chi connectivity index (χ4n) is 4.00. The number of aliphatic hydroxyl groups is 2. The maximum atomic E-state index is 11.6. The number of nitrogens with one attached hydrogen (secondary N) is 2. The van der Waals surface area contributed by atoms with Crippen LogP contribution in [-0.4, -0.2) is 51.1 Å². The van der Waals surface area contributed by atoms with Crippen LogP contribution in [0.3, 0.4) is 0 Å². The third-order valence-electron chi connectivity index (χ3n) is 5.57. The van der Waals surface area contributed by atoms with Crippen molar-refractivity contribution in [2.75, 3.05) is 19.6 Å². The minimum atomic E-state index is -1.22. The summed E-state index contributed by atoms with van der Waals surface area (Å²) in [6, 6.07) is 11.4. The molecule has 1 aromatic heterocycles. The molecule has 1 aliphatic heterocycles. The third-order valence-corrected chi connectivity index (χ3v) is 6.50. The molecule has 2 heterocycles. The largest absolute Gasteiger partial charge is 0.506 e. The number of benzene rings is 2. The van der Waals surface area contributed by atoms with E-state index in [1.165, 1.54) is 36.1 Å². The topological polar surface area (TPSA) is 109 Å². The van der Waals surface area contributed by atoms with Crippen molar-refractivity contribution >= 4 is 21.6 Å². The van der Waals surface area contributed by atoms with Crippen LogP contribution in [0.25, 0.3) is 10.2 Å². The number of phenols is 1. The smallest absolute Gasteiger partial charge is 0.305 e. The second kappa shape index (κ2) is 9.28. The van der Waals surface area contributed by atoms with Gasteiger partial charge in [-0.25, -0.2) is 0 Å². The zero-order chi connectivity index (χ0) is 21.1. The molecular weight excluding hydrogens is 402 g/mol. The van der Waals surface area contributed by atoms with Gasteiger partial charge in [-0.3, -0.25) is 15.0 Å². The van der Waals surface area contributed by atoms with Crippen LogP contribution in [0.15, 0.2) is 41.2 Å². The van der Waals surface area contributed by atoms with E-state index in [1.54, 1.807) is 0 Å². The number of H-pyrrole nitrogens is 1. The number of hydrogen-bond donors (Lipinski definition) is 5. The first-order chi connectivity index (χ1) is 14.5. The molecule has 160 valence electrons. The van der Waals surface area contributed by atoms with Crippen LogP contribution in [0.5, 0.6) is 5.75 Å². The van der Waals surface area contributed by atoms with Crippen LogP contribution < -0.4 is 10.2 Å². The van der Waals surface area contributed by atoms with E-state index >= 15 is 0 Å². The summed E-state index contributed by atoms with van der Waals surface area (Å²) in [6.07, 6.45) is 0.858. The molecule has 3 aromatic rings. The van der Waals surface area contributed by atoms with E-state index in [2.05, 4.69) is 39.5 Å². The van der Waals surface area contributed by atoms with Gasteiger partial charge in [0.05, 0.1) is 4.70 Å². The Morgan fingerprint density at radius 1 is 1.13 bits per heavy atom. The lowest BCUT2D eigenvalue weighted by molar-refractivity contribution is -0.00168. The molecule has 0 bridgehead atoms. The van der Waals surface area contributed by atoms with Gasteiger partial charge >= 0.3 is 4.87 Å². The number of phenolic OH excluding ortho intramolecular Hbond substituents is 1. The monoisotopic (exact) mass is 429 g/mol. The summed E-state index contributed by atoms with van der Waals surface area (Å²) >= 11 is 0.900. The van der Waals surface area contributed by atoms with E-state index in [1.807, 2.05) is 0 Å². The van der Waals surface area contributed by atoms with Gasteiger partial charge in [-0.05, 0) is 49.5 Å². The van der Waals surface area contributed by atoms with Gasteiger partial charge in [-0.15, -0.1) is 0 Å². The number of aromatic nitrogens is 1. The molecule has 0 radical (unpaired) electrons. The Morgan fingerprint density at radius 3 is 2.70 bits per heavy atom. The van der Waals surface area contributed by atoms with E-state index in [4.69, 9.17) is 0 Å². The summed E-state index contributed by atoms with van der Waals surface area (Å²) in [5.74, 6) is -0.0597. The van der Waals surface area contributed by atoms with Crippen molar-refractivity contribution < 1.29 is 15.3 Å². The molecule has 5 N–H and O–H groups in total. The molecule has 4 rings (SSSR count). The fourth-order valence-corrected chi connectivity index (χ4v) is 4.90. The lowest BCUT2D eigenvalue weighted by Crippen LogP contribution is -2.36. The highest BCUT2D eigenvalue weighted by Gasteiger charge is 2.22. The molecule has 7 nitrogen and oxygen atoms in total. The normalized spacial score (nSPS) is 16.9. The average molecular weight is 430 g/mol. The standard InChI is InChI=1S/C22H27N3O4S/c26-17-7-6-16(20-18(17)24-22(29)30-20)19(27)21(28)23-9-8-14-4-3-5-15(12-14)13-25-10-1-2-11-25/h3-7,12,19,21,23,26-28H,1-2,8-11,13H2,(H,24,29). The molecule has 0 saturated carbocycles. The number of aromatic hydroxyl groups is 1. The summed E-state index contributed by atoms with van der Waals surface area (Å²) in [5.41, 5.74) is 3.16. The van der Waals surface area contributed by atoms with Gasteiger partial charge in [0.2, 0.25) is 0 Å². The number of aromatic amines is 1. The van der Waals surface area contributed by atoms with Crippen molar-refractivity contribution in [2.45, 2.75) is 38.1 Å². The summed E-state index contributed by atoms with van der Waals surface area (Å²) in [7, 11) is 0. The zero-order valence-electron chi connectivity index (χ0n) is 16.7. The number of thiazole rings is 1. The first-order valence-electron chi connectivity index (χ1n) is 10.3. The second-order valence-corrected chi connectivity index (χ2v) is 8.77. The summed E-state index contributed by atoms with van der Waals surface area (Å²) < 4.78 is 0.447. The van der Waals surface area contributed by atoms with E-state index in [-0.39, 0.29) is 16.1 Å². The van der Waals surface area contributed by atoms with Crippen molar-refractivity contribution in [3.05, 3.63) is 62.8 Å². The lowest BCUT2D eigenvalue weighted by atomic mass is 10.1. The highest BCUT2D eigenvalue weighted by atomic mass is 32.1. The molecule has 8 heteroatoms. The third kappa shape index (κ3) is 4.74. The van der Waals surface area contributed by atoms with Crippen molar-refractivity contribution in [1.29, 1.82) is 0 Å². The molecule has 2 atom stereocenters. The molecule has 2 aromatic carbocycles. The summed E-state index contributed by atoms with van der Waals surface area (Å²) in [4.78, 5) is 16.3. The summed E-state index contributed by atoms with van der Waals surface area (Å²) in [6.45, 7) is 3.79. The first-order valence-corrected chi connectivity index (χ1v) is 11.1. The quantitative estimate of drug-likeness (QED) is 0.351. The molecule has 1 fully saturated rings. The van der Waals surface area contributed by atoms with Gasteiger partial charge in [0.25, 0.3) is 0 Å². The number of rotatable bonds is 8. The number of likely N-dealkylation sites (tertiary alicyclic amines) is 1. The van der Waals surface area contributed by atoms with Crippen molar-refractivity contribution in [1.82, 2.24) is 15.2 Å². The van der Waals surface area contributed by atoms with Gasteiger partial charge in [0.15, 0.2) is 0 Å². The summed E-state index contributed by atoms with van der Waals surface area (Å²) in [5, 5.41) is 33.8. The Morgan fingerprint density at radius 2 is 1.90 bits per heavy atom. The van der Waals surface area contributed by atoms with E-state index in [0.717, 1.165) is 37.4 Å².